The van der Waals surface area contributed by atoms with Gasteiger partial charge in [-0.2, -0.15) is 0 Å². The van der Waals surface area contributed by atoms with E-state index in [-0.39, 0.29) is 88.7 Å². The molecule has 20 heavy (non-hydrogen) atoms. The second-order valence-electron chi connectivity index (χ2n) is 1.16. The van der Waals surface area contributed by atoms with Gasteiger partial charge in [-0.15, -0.1) is 30.3 Å². The van der Waals surface area contributed by atoms with E-state index in [1.54, 1.807) is 0 Å². The third-order valence-corrected chi connectivity index (χ3v) is 0. The van der Waals surface area contributed by atoms with Crippen LogP contribution in [-0.2, 0) is 3.02 Å². The molecule has 0 rings (SSSR count). The van der Waals surface area contributed by atoms with Crippen LogP contribution in [-0.4, -0.2) is 50.9 Å². The van der Waals surface area contributed by atoms with Crippen LogP contribution in [0.2, 0.25) is 0 Å². The fraction of sp³-hybridized carbons (Fsp3) is 0. The van der Waals surface area contributed by atoms with E-state index in [2.05, 4.69) is 0 Å². The standard InChI is InChI=1S/3HNO3.3Na.4O.Sb/c3*2-1(3)4;;;;;;;;/h3*(H,2,3,4);;;;;;;;/q;;;3*+1;;3*-1;. The van der Waals surface area contributed by atoms with Crippen molar-refractivity contribution in [3.05, 3.63) is 30.3 Å². The Hall–Kier alpha value is 1.10. The minimum atomic E-state index is -6.10. The fourth-order valence-electron chi connectivity index (χ4n) is 0. The topological polar surface area (TPSA) is 276 Å². The predicted molar refractivity (Wildman–Crippen MR) is 32.8 cm³/mol. The molecule has 0 atom stereocenters. The van der Waals surface area contributed by atoms with E-state index in [1.165, 1.54) is 0 Å². The quantitative estimate of drug-likeness (QED) is 0.178. The van der Waals surface area contributed by atoms with Gasteiger partial charge in [0.05, 0.1) is 0 Å². The van der Waals surface area contributed by atoms with Gasteiger partial charge in [-0.3, -0.25) is 0 Å². The number of rotatable bonds is 0. The molecule has 0 unspecified atom stereocenters. The maximum absolute atomic E-state index is 8.64. The Bertz CT molecular complexity index is 225. The molecular weight excluding hydrogens is 441 g/mol. The Morgan fingerprint density at radius 3 is 0.650 bits per heavy atom. The van der Waals surface area contributed by atoms with Crippen molar-refractivity contribution in [2.24, 2.45) is 0 Å². The van der Waals surface area contributed by atoms with Gasteiger partial charge < -0.3 is 15.6 Å². The zero-order valence-corrected chi connectivity index (χ0v) is 18.8. The normalized spacial score (nSPS) is 6.55. The summed E-state index contributed by atoms with van der Waals surface area (Å²) in [4.78, 5) is 25.1. The zero-order chi connectivity index (χ0) is 15.2. The summed E-state index contributed by atoms with van der Waals surface area (Å²) in [6.07, 6.45) is 0. The van der Waals surface area contributed by atoms with Gasteiger partial charge in [-0.1, -0.05) is 0 Å². The summed E-state index contributed by atoms with van der Waals surface area (Å²) in [5, 5.41) is 40.9. The summed E-state index contributed by atoms with van der Waals surface area (Å²) in [6.45, 7) is 0. The SMILES string of the molecule is O=[N+]([O-])O.O=[N+]([O-])O.O=[N+]([O-])O.[Na+].[Na+].[Na+].[O]=[Sb]([O-])([O-])[O-]. The van der Waals surface area contributed by atoms with E-state index in [1.807, 2.05) is 0 Å². The van der Waals surface area contributed by atoms with E-state index in [0.717, 1.165) is 0 Å². The molecule has 0 saturated carbocycles. The Labute approximate surface area is 180 Å². The van der Waals surface area contributed by atoms with Crippen molar-refractivity contribution in [3.63, 3.8) is 0 Å². The van der Waals surface area contributed by atoms with Gasteiger partial charge in [0.25, 0.3) is 15.3 Å². The molecule has 104 valence electrons. The van der Waals surface area contributed by atoms with Gasteiger partial charge in [0.15, 0.2) is 0 Å². The first kappa shape index (κ1) is 42.9. The first-order chi connectivity index (χ1) is 7.20. The molecule has 0 aliphatic rings. The summed E-state index contributed by atoms with van der Waals surface area (Å²) >= 11 is -6.10. The van der Waals surface area contributed by atoms with E-state index < -0.39 is 35.3 Å². The van der Waals surface area contributed by atoms with Gasteiger partial charge in [-0.25, -0.2) is 0 Å². The summed E-state index contributed by atoms with van der Waals surface area (Å²) in [6, 6.07) is 0. The van der Waals surface area contributed by atoms with Crippen molar-refractivity contribution in [1.82, 2.24) is 0 Å². The van der Waals surface area contributed by atoms with Crippen molar-refractivity contribution in [2.45, 2.75) is 0 Å². The van der Waals surface area contributed by atoms with Crippen LogP contribution in [0.15, 0.2) is 0 Å². The average molecular weight is 444 g/mol. The van der Waals surface area contributed by atoms with Gasteiger partial charge in [0.2, 0.25) is 0 Å². The van der Waals surface area contributed by atoms with Crippen LogP contribution in [0.1, 0.15) is 0 Å². The molecule has 0 bridgehead atoms. The Balaban J connectivity index is -0.0000000216. The van der Waals surface area contributed by atoms with Crippen molar-refractivity contribution in [1.29, 1.82) is 0 Å². The molecule has 0 saturated heterocycles. The molecule has 0 aliphatic carbocycles. The molecule has 3 N–H and O–H groups in total. The molecular formula is H3N3Na3O13Sb. The molecule has 0 amide bonds. The molecule has 16 nitrogen and oxygen atoms in total. The Morgan fingerprint density at radius 1 is 0.650 bits per heavy atom. The third-order valence-electron chi connectivity index (χ3n) is 0. The van der Waals surface area contributed by atoms with E-state index in [9.17, 15) is 0 Å². The van der Waals surface area contributed by atoms with E-state index in [4.69, 9.17) is 59.1 Å². The van der Waals surface area contributed by atoms with Crippen molar-refractivity contribution >= 4 is 20.1 Å². The first-order valence-corrected chi connectivity index (χ1v) is 6.59. The van der Waals surface area contributed by atoms with E-state index in [0.29, 0.717) is 0 Å². The number of nitrogens with zero attached hydrogens (tertiary/aromatic N) is 3. The van der Waals surface area contributed by atoms with Gasteiger partial charge in [0, 0.05) is 0 Å². The molecule has 0 spiro atoms. The fourth-order valence-corrected chi connectivity index (χ4v) is 0. The predicted octanol–water partition coefficient (Wildman–Crippen LogP) is -14.1. The van der Waals surface area contributed by atoms with Gasteiger partial charge in [-0.05, 0) is 0 Å². The number of hydrogen-bond donors (Lipinski definition) is 3. The Kier molecular flexibility index (Phi) is 60.6. The van der Waals surface area contributed by atoms with Crippen molar-refractivity contribution < 1.29 is 133 Å². The average Bonchev–Trinajstić information content (AvgIpc) is 1.73. The molecule has 0 heterocycles. The second-order valence-corrected chi connectivity index (χ2v) is 3.71. The first-order valence-electron chi connectivity index (χ1n) is 2.43. The Morgan fingerprint density at radius 2 is 0.650 bits per heavy atom. The summed E-state index contributed by atoms with van der Waals surface area (Å²) < 4.78 is 34.6. The van der Waals surface area contributed by atoms with Crippen LogP contribution in [0.25, 0.3) is 0 Å². The molecule has 0 aliphatic heterocycles. The summed E-state index contributed by atoms with van der Waals surface area (Å²) in [7, 11) is 0. The maximum atomic E-state index is 8.64. The van der Waals surface area contributed by atoms with Crippen molar-refractivity contribution in [3.8, 4) is 0 Å². The molecule has 0 radical (unpaired) electrons. The molecule has 0 aromatic rings. The molecule has 0 fully saturated rings. The second kappa shape index (κ2) is 28.3. The summed E-state index contributed by atoms with van der Waals surface area (Å²) in [5.74, 6) is 0. The van der Waals surface area contributed by atoms with Crippen LogP contribution >= 0.6 is 0 Å². The molecule has 0 aromatic carbocycles. The molecule has 20 heteroatoms. The van der Waals surface area contributed by atoms with Crippen LogP contribution < -0.4 is 98.8 Å². The molecule has 0 aromatic heterocycles. The van der Waals surface area contributed by atoms with Crippen LogP contribution in [0.5, 0.6) is 0 Å². The minimum absolute atomic E-state index is 0. The van der Waals surface area contributed by atoms with Crippen LogP contribution in [0.3, 0.4) is 0 Å². The zero-order valence-electron chi connectivity index (χ0n) is 10.2. The summed E-state index contributed by atoms with van der Waals surface area (Å²) in [5.41, 5.74) is 0. The van der Waals surface area contributed by atoms with Gasteiger partial charge in [0.1, 0.15) is 0 Å². The monoisotopic (exact) mass is 443 g/mol. The van der Waals surface area contributed by atoms with E-state index >= 15 is 0 Å². The van der Waals surface area contributed by atoms with Crippen molar-refractivity contribution in [2.75, 3.05) is 0 Å². The van der Waals surface area contributed by atoms with Crippen LogP contribution in [0, 0.1) is 30.3 Å². The third kappa shape index (κ3) is 5190. The number of hydrogen-bond acceptors (Lipinski definition) is 10. The van der Waals surface area contributed by atoms with Crippen LogP contribution in [0.4, 0.5) is 0 Å². The van der Waals surface area contributed by atoms with Gasteiger partial charge >= 0.3 is 122 Å².